The average molecular weight is 310 g/mol. The van der Waals surface area contributed by atoms with Gasteiger partial charge < -0.3 is 5.32 Å². The second-order valence-electron chi connectivity index (χ2n) is 3.84. The van der Waals surface area contributed by atoms with E-state index in [0.29, 0.717) is 17.1 Å². The highest BCUT2D eigenvalue weighted by atomic mass is 79.9. The van der Waals surface area contributed by atoms with Gasteiger partial charge in [-0.2, -0.15) is 0 Å². The monoisotopic (exact) mass is 309 g/mol. The van der Waals surface area contributed by atoms with Crippen LogP contribution in [-0.2, 0) is 0 Å². The molecule has 0 aliphatic carbocycles. The van der Waals surface area contributed by atoms with Crippen LogP contribution >= 0.6 is 15.9 Å². The van der Waals surface area contributed by atoms with Crippen molar-refractivity contribution in [3.63, 3.8) is 0 Å². The molecule has 94 valence electrons. The van der Waals surface area contributed by atoms with Gasteiger partial charge in [0.25, 0.3) is 0 Å². The molecule has 0 spiro atoms. The Hall–Kier alpha value is -1.49. The number of aromatic nitrogens is 2. The van der Waals surface area contributed by atoms with Gasteiger partial charge in [0.05, 0.1) is 18.1 Å². The average Bonchev–Trinajstić information content (AvgIpc) is 2.40. The summed E-state index contributed by atoms with van der Waals surface area (Å²) in [6.07, 6.45) is 4.21. The van der Waals surface area contributed by atoms with Crippen molar-refractivity contribution in [3.8, 4) is 11.3 Å². The molecule has 3 nitrogen and oxygen atoms in total. The molecule has 18 heavy (non-hydrogen) atoms. The smallest absolute Gasteiger partial charge is 0.144 e. The third kappa shape index (κ3) is 3.04. The minimum absolute atomic E-state index is 0.304. The third-order valence-electron chi connectivity index (χ3n) is 2.41. The molecule has 0 atom stereocenters. The molecule has 1 heterocycles. The van der Waals surface area contributed by atoms with Gasteiger partial charge in [-0.1, -0.05) is 22.9 Å². The number of hydrogen-bond donors (Lipinski definition) is 1. The molecule has 1 aromatic heterocycles. The molecular weight excluding hydrogens is 297 g/mol. The second kappa shape index (κ2) is 5.91. The zero-order chi connectivity index (χ0) is 13.0. The fourth-order valence-electron chi connectivity index (χ4n) is 1.51. The van der Waals surface area contributed by atoms with Gasteiger partial charge in [-0.25, -0.2) is 9.37 Å². The Morgan fingerprint density at radius 1 is 1.28 bits per heavy atom. The van der Waals surface area contributed by atoms with Crippen molar-refractivity contribution in [2.45, 2.75) is 13.3 Å². The van der Waals surface area contributed by atoms with E-state index in [-0.39, 0.29) is 5.82 Å². The van der Waals surface area contributed by atoms with Crippen LogP contribution < -0.4 is 5.32 Å². The number of hydrogen-bond acceptors (Lipinski definition) is 3. The van der Waals surface area contributed by atoms with E-state index < -0.39 is 0 Å². The van der Waals surface area contributed by atoms with Crippen LogP contribution in [0.2, 0.25) is 0 Å². The molecule has 0 bridgehead atoms. The zero-order valence-electron chi connectivity index (χ0n) is 9.95. The van der Waals surface area contributed by atoms with E-state index in [1.165, 1.54) is 6.07 Å². The zero-order valence-corrected chi connectivity index (χ0v) is 11.5. The number of benzene rings is 1. The normalized spacial score (nSPS) is 10.4. The highest BCUT2D eigenvalue weighted by molar-refractivity contribution is 9.10. The molecule has 0 fully saturated rings. The van der Waals surface area contributed by atoms with Gasteiger partial charge in [-0.15, -0.1) is 0 Å². The standard InChI is InChI=1S/C13H13BrFN3/c1-2-5-16-13-8-17-12(7-18-13)10-6-9(14)3-4-11(10)15/h3-4,6-8H,2,5H2,1H3,(H,16,18). The van der Waals surface area contributed by atoms with Crippen molar-refractivity contribution in [3.05, 3.63) is 40.9 Å². The lowest BCUT2D eigenvalue weighted by Gasteiger charge is -2.06. The van der Waals surface area contributed by atoms with E-state index in [4.69, 9.17) is 0 Å². The Morgan fingerprint density at radius 3 is 2.78 bits per heavy atom. The van der Waals surface area contributed by atoms with Crippen LogP contribution in [0.4, 0.5) is 10.2 Å². The van der Waals surface area contributed by atoms with Gasteiger partial charge in [-0.05, 0) is 24.6 Å². The molecule has 1 N–H and O–H groups in total. The van der Waals surface area contributed by atoms with Crippen molar-refractivity contribution in [2.75, 3.05) is 11.9 Å². The maximum Gasteiger partial charge on any atom is 0.144 e. The minimum Gasteiger partial charge on any atom is -0.369 e. The molecule has 0 saturated carbocycles. The van der Waals surface area contributed by atoms with Crippen LogP contribution in [0, 0.1) is 5.82 Å². The van der Waals surface area contributed by atoms with Gasteiger partial charge >= 0.3 is 0 Å². The van der Waals surface area contributed by atoms with E-state index in [1.54, 1.807) is 24.5 Å². The van der Waals surface area contributed by atoms with Gasteiger partial charge in [0, 0.05) is 16.6 Å². The maximum atomic E-state index is 13.7. The molecule has 0 aliphatic rings. The topological polar surface area (TPSA) is 37.8 Å². The third-order valence-corrected chi connectivity index (χ3v) is 2.91. The Balaban J connectivity index is 2.25. The van der Waals surface area contributed by atoms with Crippen LogP contribution in [0.15, 0.2) is 35.1 Å². The van der Waals surface area contributed by atoms with Crippen LogP contribution in [0.3, 0.4) is 0 Å². The Kier molecular flexibility index (Phi) is 4.25. The van der Waals surface area contributed by atoms with Crippen molar-refractivity contribution in [1.82, 2.24) is 9.97 Å². The van der Waals surface area contributed by atoms with Crippen molar-refractivity contribution < 1.29 is 4.39 Å². The summed E-state index contributed by atoms with van der Waals surface area (Å²) < 4.78 is 14.5. The molecule has 0 saturated heterocycles. The van der Waals surface area contributed by atoms with Gasteiger partial charge in [0.15, 0.2) is 0 Å². The summed E-state index contributed by atoms with van der Waals surface area (Å²) in [5.74, 6) is 0.401. The lowest BCUT2D eigenvalue weighted by Crippen LogP contribution is -2.02. The molecule has 1 aromatic carbocycles. The summed E-state index contributed by atoms with van der Waals surface area (Å²) in [4.78, 5) is 8.43. The first-order valence-electron chi connectivity index (χ1n) is 5.72. The molecule has 0 unspecified atom stereocenters. The highest BCUT2D eigenvalue weighted by Gasteiger charge is 2.07. The van der Waals surface area contributed by atoms with Crippen LogP contribution in [0.25, 0.3) is 11.3 Å². The predicted molar refractivity (Wildman–Crippen MR) is 73.9 cm³/mol. The summed E-state index contributed by atoms with van der Waals surface area (Å²) in [6, 6.07) is 4.76. The largest absolute Gasteiger partial charge is 0.369 e. The molecular formula is C13H13BrFN3. The molecule has 5 heteroatoms. The highest BCUT2D eigenvalue weighted by Crippen LogP contribution is 2.24. The van der Waals surface area contributed by atoms with Gasteiger partial charge in [0.2, 0.25) is 0 Å². The van der Waals surface area contributed by atoms with Crippen molar-refractivity contribution in [1.29, 1.82) is 0 Å². The Bertz CT molecular complexity index is 528. The van der Waals surface area contributed by atoms with Crippen LogP contribution in [0.1, 0.15) is 13.3 Å². The fraction of sp³-hybridized carbons (Fsp3) is 0.231. The number of rotatable bonds is 4. The molecule has 2 rings (SSSR count). The van der Waals surface area contributed by atoms with Crippen molar-refractivity contribution in [2.24, 2.45) is 0 Å². The second-order valence-corrected chi connectivity index (χ2v) is 4.75. The molecule has 2 aromatic rings. The van der Waals surface area contributed by atoms with E-state index in [1.807, 2.05) is 0 Å². The van der Waals surface area contributed by atoms with Crippen LogP contribution in [-0.4, -0.2) is 16.5 Å². The summed E-state index contributed by atoms with van der Waals surface area (Å²) in [5, 5.41) is 3.12. The Labute approximate surface area is 114 Å². The number of halogens is 2. The van der Waals surface area contributed by atoms with Gasteiger partial charge in [-0.3, -0.25) is 4.98 Å². The Morgan fingerprint density at radius 2 is 2.11 bits per heavy atom. The summed E-state index contributed by atoms with van der Waals surface area (Å²) in [5.41, 5.74) is 0.967. The fourth-order valence-corrected chi connectivity index (χ4v) is 1.87. The van der Waals surface area contributed by atoms with E-state index in [9.17, 15) is 4.39 Å². The first-order chi connectivity index (χ1) is 8.70. The lowest BCUT2D eigenvalue weighted by molar-refractivity contribution is 0.630. The number of nitrogens with one attached hydrogen (secondary N) is 1. The van der Waals surface area contributed by atoms with Crippen molar-refractivity contribution >= 4 is 21.7 Å². The summed E-state index contributed by atoms with van der Waals surface area (Å²) in [7, 11) is 0. The van der Waals surface area contributed by atoms with E-state index in [0.717, 1.165) is 17.4 Å². The van der Waals surface area contributed by atoms with E-state index >= 15 is 0 Å². The number of nitrogens with zero attached hydrogens (tertiary/aromatic N) is 2. The molecule has 0 aliphatic heterocycles. The molecule has 0 radical (unpaired) electrons. The lowest BCUT2D eigenvalue weighted by atomic mass is 10.1. The first-order valence-corrected chi connectivity index (χ1v) is 6.51. The SMILES string of the molecule is CCCNc1cnc(-c2cc(Br)ccc2F)cn1. The summed E-state index contributed by atoms with van der Waals surface area (Å²) in [6.45, 7) is 2.92. The molecule has 0 amide bonds. The first kappa shape index (κ1) is 13.0. The minimum atomic E-state index is -0.304. The van der Waals surface area contributed by atoms with Crippen LogP contribution in [0.5, 0.6) is 0 Å². The number of anilines is 1. The van der Waals surface area contributed by atoms with E-state index in [2.05, 4.69) is 38.1 Å². The maximum absolute atomic E-state index is 13.7. The summed E-state index contributed by atoms with van der Waals surface area (Å²) >= 11 is 3.32. The predicted octanol–water partition coefficient (Wildman–Crippen LogP) is 3.87. The quantitative estimate of drug-likeness (QED) is 0.931. The van der Waals surface area contributed by atoms with Gasteiger partial charge in [0.1, 0.15) is 11.6 Å².